The first-order valence-electron chi connectivity index (χ1n) is 9.83. The number of hydrogen-bond donors (Lipinski definition) is 1. The van der Waals surface area contributed by atoms with E-state index in [4.69, 9.17) is 0 Å². The van der Waals surface area contributed by atoms with Crippen molar-refractivity contribution in [1.29, 1.82) is 0 Å². The molecule has 3 aromatic rings. The molecule has 0 unspecified atom stereocenters. The van der Waals surface area contributed by atoms with E-state index in [9.17, 15) is 9.59 Å². The number of aromatic amines is 1. The molecule has 4 heterocycles. The summed E-state index contributed by atoms with van der Waals surface area (Å²) in [6.45, 7) is 6.80. The van der Waals surface area contributed by atoms with E-state index in [-0.39, 0.29) is 17.5 Å². The van der Waals surface area contributed by atoms with E-state index < -0.39 is 0 Å². The van der Waals surface area contributed by atoms with Crippen molar-refractivity contribution in [2.24, 2.45) is 7.05 Å². The molecule has 3 aromatic heterocycles. The minimum Gasteiger partial charge on any atom is -0.335 e. The van der Waals surface area contributed by atoms with E-state index in [2.05, 4.69) is 28.5 Å². The van der Waals surface area contributed by atoms with E-state index in [0.29, 0.717) is 18.4 Å². The molecule has 0 aliphatic carbocycles. The number of fused-ring (bicyclic) bond motifs is 2. The van der Waals surface area contributed by atoms with E-state index in [1.165, 1.54) is 10.4 Å². The highest BCUT2D eigenvalue weighted by molar-refractivity contribution is 7.10. The summed E-state index contributed by atoms with van der Waals surface area (Å²) in [5.74, 6) is 0.130. The number of aromatic nitrogens is 3. The normalized spacial score (nSPS) is 16.6. The van der Waals surface area contributed by atoms with Crippen molar-refractivity contribution in [3.05, 3.63) is 49.1 Å². The summed E-state index contributed by atoms with van der Waals surface area (Å²) in [5, 5.41) is 7.52. The van der Waals surface area contributed by atoms with Gasteiger partial charge in [0.15, 0.2) is 0 Å². The lowest BCUT2D eigenvalue weighted by atomic mass is 9.96. The van der Waals surface area contributed by atoms with Gasteiger partial charge in [0.1, 0.15) is 5.65 Å². The summed E-state index contributed by atoms with van der Waals surface area (Å²) in [6, 6.07) is 2.31. The first-order chi connectivity index (χ1) is 13.4. The molecule has 6 nitrogen and oxygen atoms in total. The van der Waals surface area contributed by atoms with Crippen LogP contribution in [0.25, 0.3) is 11.0 Å². The van der Waals surface area contributed by atoms with Gasteiger partial charge in [-0.25, -0.2) is 0 Å². The molecule has 148 valence electrons. The highest BCUT2D eigenvalue weighted by atomic mass is 32.1. The first-order valence-corrected chi connectivity index (χ1v) is 10.7. The Morgan fingerprint density at radius 3 is 2.93 bits per heavy atom. The number of thiophene rings is 1. The summed E-state index contributed by atoms with van der Waals surface area (Å²) in [6.07, 6.45) is 2.64. The van der Waals surface area contributed by atoms with Gasteiger partial charge in [0.25, 0.3) is 5.56 Å². The second kappa shape index (κ2) is 7.20. The van der Waals surface area contributed by atoms with Gasteiger partial charge in [0, 0.05) is 35.8 Å². The summed E-state index contributed by atoms with van der Waals surface area (Å²) >= 11 is 1.79. The Morgan fingerprint density at radius 2 is 2.18 bits per heavy atom. The van der Waals surface area contributed by atoms with Crippen molar-refractivity contribution in [2.75, 3.05) is 6.54 Å². The maximum Gasteiger partial charge on any atom is 0.253 e. The number of carbonyl (C=O) groups is 1. The average Bonchev–Trinajstić information content (AvgIpc) is 3.24. The molecular weight excluding hydrogens is 372 g/mol. The maximum absolute atomic E-state index is 13.0. The number of amides is 1. The molecule has 0 radical (unpaired) electrons. The summed E-state index contributed by atoms with van der Waals surface area (Å²) < 4.78 is 1.70. The number of rotatable bonds is 4. The second-order valence-electron chi connectivity index (χ2n) is 7.55. The fourth-order valence-electron chi connectivity index (χ4n) is 4.57. The number of pyridine rings is 1. The van der Waals surface area contributed by atoms with Crippen LogP contribution in [0, 0.1) is 13.8 Å². The lowest BCUT2D eigenvalue weighted by Crippen LogP contribution is -2.39. The Kier molecular flexibility index (Phi) is 4.87. The standard InChI is InChI=1S/C21H26N4O2S/c1-5-16-15-9-11-28-17(15)8-10-25(16)18(26)7-6-14-12(2)19-13(3)23-24(4)20(19)22-21(14)27/h9,11,16H,5-8,10H2,1-4H3,(H,22,27)/t16-/m1/s1. The fraction of sp³-hybridized carbons (Fsp3) is 0.476. The molecule has 1 aliphatic heterocycles. The number of nitrogens with one attached hydrogen (secondary N) is 1. The number of hydrogen-bond acceptors (Lipinski definition) is 4. The predicted octanol–water partition coefficient (Wildman–Crippen LogP) is 3.41. The monoisotopic (exact) mass is 398 g/mol. The van der Waals surface area contributed by atoms with Gasteiger partial charge in [-0.05, 0) is 55.7 Å². The number of H-pyrrole nitrogens is 1. The summed E-state index contributed by atoms with van der Waals surface area (Å²) in [4.78, 5) is 32.0. The number of carbonyl (C=O) groups excluding carboxylic acids is 1. The zero-order chi connectivity index (χ0) is 20.0. The highest BCUT2D eigenvalue weighted by Gasteiger charge is 2.30. The van der Waals surface area contributed by atoms with Crippen molar-refractivity contribution in [1.82, 2.24) is 19.7 Å². The quantitative estimate of drug-likeness (QED) is 0.732. The fourth-order valence-corrected chi connectivity index (χ4v) is 5.49. The summed E-state index contributed by atoms with van der Waals surface area (Å²) in [5.41, 5.74) is 4.44. The zero-order valence-corrected chi connectivity index (χ0v) is 17.7. The van der Waals surface area contributed by atoms with Crippen LogP contribution in [0.4, 0.5) is 0 Å². The molecule has 0 bridgehead atoms. The van der Waals surface area contributed by atoms with Gasteiger partial charge in [-0.1, -0.05) is 6.92 Å². The molecular formula is C21H26N4O2S. The molecule has 1 atom stereocenters. The molecule has 1 amide bonds. The van der Waals surface area contributed by atoms with E-state index in [0.717, 1.165) is 41.7 Å². The Labute approximate surface area is 168 Å². The van der Waals surface area contributed by atoms with Crippen LogP contribution in [0.5, 0.6) is 0 Å². The van der Waals surface area contributed by atoms with Gasteiger partial charge in [0.05, 0.1) is 11.7 Å². The number of aryl methyl sites for hydroxylation is 3. The van der Waals surface area contributed by atoms with Crippen molar-refractivity contribution in [3.63, 3.8) is 0 Å². The lowest BCUT2D eigenvalue weighted by Gasteiger charge is -2.35. The molecule has 28 heavy (non-hydrogen) atoms. The smallest absolute Gasteiger partial charge is 0.253 e. The second-order valence-corrected chi connectivity index (χ2v) is 8.55. The third-order valence-electron chi connectivity index (χ3n) is 5.95. The Hall–Kier alpha value is -2.41. The van der Waals surface area contributed by atoms with Crippen molar-refractivity contribution >= 4 is 28.3 Å². The Bertz CT molecular complexity index is 1110. The van der Waals surface area contributed by atoms with Gasteiger partial charge in [0.2, 0.25) is 5.91 Å². The Balaban J connectivity index is 1.57. The van der Waals surface area contributed by atoms with Crippen LogP contribution in [0.1, 0.15) is 53.1 Å². The molecule has 0 saturated carbocycles. The zero-order valence-electron chi connectivity index (χ0n) is 16.8. The van der Waals surface area contributed by atoms with E-state index in [1.807, 2.05) is 25.8 Å². The summed E-state index contributed by atoms with van der Waals surface area (Å²) in [7, 11) is 1.83. The van der Waals surface area contributed by atoms with Gasteiger partial charge in [-0.15, -0.1) is 11.3 Å². The van der Waals surface area contributed by atoms with Crippen LogP contribution in [0.3, 0.4) is 0 Å². The molecule has 0 saturated heterocycles. The molecule has 0 aromatic carbocycles. The molecule has 1 N–H and O–H groups in total. The van der Waals surface area contributed by atoms with Gasteiger partial charge in [-0.2, -0.15) is 5.10 Å². The topological polar surface area (TPSA) is 71.0 Å². The average molecular weight is 399 g/mol. The van der Waals surface area contributed by atoms with Gasteiger partial charge < -0.3 is 9.88 Å². The lowest BCUT2D eigenvalue weighted by molar-refractivity contribution is -0.134. The van der Waals surface area contributed by atoms with Crippen LogP contribution in [-0.2, 0) is 24.7 Å². The minimum atomic E-state index is -0.119. The highest BCUT2D eigenvalue weighted by Crippen LogP contribution is 2.35. The van der Waals surface area contributed by atoms with Crippen LogP contribution in [0.2, 0.25) is 0 Å². The molecule has 7 heteroatoms. The van der Waals surface area contributed by atoms with Crippen LogP contribution < -0.4 is 5.56 Å². The largest absolute Gasteiger partial charge is 0.335 e. The van der Waals surface area contributed by atoms with E-state index >= 15 is 0 Å². The van der Waals surface area contributed by atoms with E-state index in [1.54, 1.807) is 16.0 Å². The molecule has 4 rings (SSSR count). The van der Waals surface area contributed by atoms with Crippen LogP contribution in [0.15, 0.2) is 16.2 Å². The third-order valence-corrected chi connectivity index (χ3v) is 6.94. The third kappa shape index (κ3) is 2.98. The van der Waals surface area contributed by atoms with Crippen LogP contribution >= 0.6 is 11.3 Å². The minimum absolute atomic E-state index is 0.119. The van der Waals surface area contributed by atoms with Crippen LogP contribution in [-0.4, -0.2) is 32.1 Å². The SMILES string of the molecule is CC[C@@H]1c2ccsc2CCN1C(=O)CCc1c(C)c2c(C)nn(C)c2[nH]c1=O. The van der Waals surface area contributed by atoms with Gasteiger partial charge >= 0.3 is 0 Å². The van der Waals surface area contributed by atoms with Crippen molar-refractivity contribution < 1.29 is 4.79 Å². The van der Waals surface area contributed by atoms with Crippen molar-refractivity contribution in [3.8, 4) is 0 Å². The first kappa shape index (κ1) is 18.9. The maximum atomic E-state index is 13.0. The Morgan fingerprint density at radius 1 is 1.39 bits per heavy atom. The molecule has 1 aliphatic rings. The number of nitrogens with zero attached hydrogens (tertiary/aromatic N) is 3. The van der Waals surface area contributed by atoms with Crippen molar-refractivity contribution in [2.45, 2.75) is 52.5 Å². The molecule has 0 spiro atoms. The predicted molar refractivity (Wildman–Crippen MR) is 112 cm³/mol. The van der Waals surface area contributed by atoms with Gasteiger partial charge in [-0.3, -0.25) is 14.3 Å². The molecule has 0 fully saturated rings.